The zero-order chi connectivity index (χ0) is 17.0. The van der Waals surface area contributed by atoms with Crippen LogP contribution in [-0.2, 0) is 11.8 Å². The minimum atomic E-state index is -0.0143. The molecule has 0 spiro atoms. The van der Waals surface area contributed by atoms with Gasteiger partial charge in [0.1, 0.15) is 0 Å². The molecule has 1 aromatic heterocycles. The molecule has 4 bridgehead atoms. The maximum atomic E-state index is 13.9. The van der Waals surface area contributed by atoms with Crippen LogP contribution < -0.4 is 0 Å². The summed E-state index contributed by atoms with van der Waals surface area (Å²) in [5.41, 5.74) is 1.22. The van der Waals surface area contributed by atoms with Crippen LogP contribution in [0.15, 0.2) is 12.4 Å². The Hall–Kier alpha value is -1.32. The minimum Gasteiger partial charge on any atom is -0.335 e. The van der Waals surface area contributed by atoms with E-state index in [0.29, 0.717) is 5.91 Å². The van der Waals surface area contributed by atoms with Crippen LogP contribution >= 0.6 is 0 Å². The van der Waals surface area contributed by atoms with Gasteiger partial charge in [-0.25, -0.2) is 0 Å². The van der Waals surface area contributed by atoms with Crippen molar-refractivity contribution in [1.29, 1.82) is 0 Å². The number of aryl methyl sites for hydroxylation is 1. The third-order valence-corrected chi connectivity index (χ3v) is 7.62. The third kappa shape index (κ3) is 2.63. The third-order valence-electron chi connectivity index (χ3n) is 7.62. The summed E-state index contributed by atoms with van der Waals surface area (Å²) in [5, 5.41) is 4.39. The van der Waals surface area contributed by atoms with E-state index in [4.69, 9.17) is 0 Å². The number of hydrogen-bond donors (Lipinski definition) is 0. The lowest BCUT2D eigenvalue weighted by molar-refractivity contribution is -0.160. The standard InChI is InChI=1S/C21H31N3O/c1-23-14-18(13-22-23)19-5-3-2-4-6-24(19)20(25)21-10-15-7-16(11-21)9-17(8-15)12-21/h13-17,19H,2-12H2,1H3/t15?,16?,17?,19-,21?/m0/s1. The van der Waals surface area contributed by atoms with E-state index in [0.717, 1.165) is 37.1 Å². The number of aromatic nitrogens is 2. The van der Waals surface area contributed by atoms with E-state index < -0.39 is 0 Å². The Kier molecular flexibility index (Phi) is 3.72. The predicted molar refractivity (Wildman–Crippen MR) is 96.7 cm³/mol. The molecule has 4 saturated carbocycles. The van der Waals surface area contributed by atoms with Crippen LogP contribution in [0.2, 0.25) is 0 Å². The van der Waals surface area contributed by atoms with Crippen LogP contribution in [0.5, 0.6) is 0 Å². The summed E-state index contributed by atoms with van der Waals surface area (Å²) in [6.45, 7) is 0.945. The first-order valence-electron chi connectivity index (χ1n) is 10.4. The van der Waals surface area contributed by atoms with Gasteiger partial charge in [0.15, 0.2) is 0 Å². The smallest absolute Gasteiger partial charge is 0.229 e. The van der Waals surface area contributed by atoms with Gasteiger partial charge >= 0.3 is 0 Å². The van der Waals surface area contributed by atoms with Gasteiger partial charge < -0.3 is 4.90 Å². The molecule has 0 radical (unpaired) electrons. The second-order valence-electron chi connectivity index (χ2n) is 9.51. The molecule has 0 unspecified atom stereocenters. The van der Waals surface area contributed by atoms with Crippen molar-refractivity contribution in [3.63, 3.8) is 0 Å². The fourth-order valence-corrected chi connectivity index (χ4v) is 6.99. The number of likely N-dealkylation sites (tertiary alicyclic amines) is 1. The Morgan fingerprint density at radius 3 is 2.36 bits per heavy atom. The fourth-order valence-electron chi connectivity index (χ4n) is 6.99. The van der Waals surface area contributed by atoms with Gasteiger partial charge in [-0.05, 0) is 69.1 Å². The summed E-state index contributed by atoms with van der Waals surface area (Å²) < 4.78 is 1.88. The maximum Gasteiger partial charge on any atom is 0.229 e. The van der Waals surface area contributed by atoms with Gasteiger partial charge in [-0.15, -0.1) is 0 Å². The predicted octanol–water partition coefficient (Wildman–Crippen LogP) is 4.08. The van der Waals surface area contributed by atoms with Crippen molar-refractivity contribution in [2.24, 2.45) is 30.2 Å². The zero-order valence-electron chi connectivity index (χ0n) is 15.5. The maximum absolute atomic E-state index is 13.9. The van der Waals surface area contributed by atoms with Crippen molar-refractivity contribution in [2.75, 3.05) is 6.54 Å². The minimum absolute atomic E-state index is 0.0143. The molecular weight excluding hydrogens is 310 g/mol. The Balaban J connectivity index is 1.46. The van der Waals surface area contributed by atoms with E-state index in [1.807, 2.05) is 17.9 Å². The highest BCUT2D eigenvalue weighted by Gasteiger charge is 2.56. The van der Waals surface area contributed by atoms with Gasteiger partial charge in [0.05, 0.1) is 17.7 Å². The summed E-state index contributed by atoms with van der Waals surface area (Å²) >= 11 is 0. The van der Waals surface area contributed by atoms with Crippen molar-refractivity contribution in [1.82, 2.24) is 14.7 Å². The van der Waals surface area contributed by atoms with Crippen LogP contribution in [-0.4, -0.2) is 27.1 Å². The van der Waals surface area contributed by atoms with Crippen LogP contribution in [0.25, 0.3) is 0 Å². The lowest BCUT2D eigenvalue weighted by atomic mass is 9.49. The van der Waals surface area contributed by atoms with E-state index in [1.165, 1.54) is 56.9 Å². The van der Waals surface area contributed by atoms with Crippen LogP contribution in [0.4, 0.5) is 0 Å². The van der Waals surface area contributed by atoms with E-state index in [1.54, 1.807) is 0 Å². The van der Waals surface area contributed by atoms with Gasteiger partial charge in [0.25, 0.3) is 0 Å². The first-order chi connectivity index (χ1) is 12.1. The molecule has 5 fully saturated rings. The second kappa shape index (κ2) is 5.85. The fraction of sp³-hybridized carbons (Fsp3) is 0.810. The lowest BCUT2D eigenvalue weighted by Crippen LogP contribution is -2.55. The van der Waals surface area contributed by atoms with Gasteiger partial charge in [0.2, 0.25) is 5.91 Å². The molecule has 1 aromatic rings. The van der Waals surface area contributed by atoms with Gasteiger partial charge in [-0.2, -0.15) is 5.10 Å². The molecule has 1 aliphatic heterocycles. The Morgan fingerprint density at radius 1 is 1.08 bits per heavy atom. The molecular formula is C21H31N3O. The number of carbonyl (C=O) groups is 1. The molecule has 1 saturated heterocycles. The molecule has 6 rings (SSSR count). The molecule has 1 atom stereocenters. The number of hydrogen-bond acceptors (Lipinski definition) is 2. The number of carbonyl (C=O) groups excluding carboxylic acids is 1. The molecule has 0 N–H and O–H groups in total. The quantitative estimate of drug-likeness (QED) is 0.813. The molecule has 4 aliphatic carbocycles. The Labute approximate surface area is 151 Å². The summed E-state index contributed by atoms with van der Waals surface area (Å²) in [6.07, 6.45) is 16.6. The van der Waals surface area contributed by atoms with Gasteiger partial charge in [0, 0.05) is 25.4 Å². The number of nitrogens with zero attached hydrogens (tertiary/aromatic N) is 3. The van der Waals surface area contributed by atoms with Crippen molar-refractivity contribution < 1.29 is 4.79 Å². The van der Waals surface area contributed by atoms with E-state index in [9.17, 15) is 4.79 Å². The van der Waals surface area contributed by atoms with E-state index >= 15 is 0 Å². The average molecular weight is 341 g/mol. The van der Waals surface area contributed by atoms with Gasteiger partial charge in [-0.1, -0.05) is 12.8 Å². The van der Waals surface area contributed by atoms with E-state index in [-0.39, 0.29) is 11.5 Å². The normalized spacial score (nSPS) is 40.3. The highest BCUT2D eigenvalue weighted by Crippen LogP contribution is 2.61. The highest BCUT2D eigenvalue weighted by molar-refractivity contribution is 5.84. The molecule has 136 valence electrons. The largest absolute Gasteiger partial charge is 0.335 e. The van der Waals surface area contributed by atoms with Crippen molar-refractivity contribution >= 4 is 5.91 Å². The first-order valence-corrected chi connectivity index (χ1v) is 10.4. The second-order valence-corrected chi connectivity index (χ2v) is 9.51. The molecule has 4 heteroatoms. The average Bonchev–Trinajstić information content (AvgIpc) is 2.86. The van der Waals surface area contributed by atoms with Crippen LogP contribution in [0, 0.1) is 23.2 Å². The van der Waals surface area contributed by atoms with Crippen LogP contribution in [0.1, 0.15) is 75.8 Å². The first kappa shape index (κ1) is 15.9. The van der Waals surface area contributed by atoms with Crippen LogP contribution in [0.3, 0.4) is 0 Å². The molecule has 25 heavy (non-hydrogen) atoms. The zero-order valence-corrected chi connectivity index (χ0v) is 15.5. The molecule has 2 heterocycles. The molecule has 1 amide bonds. The Morgan fingerprint density at radius 2 is 1.76 bits per heavy atom. The SMILES string of the molecule is Cn1cc([C@@H]2CCCCCN2C(=O)C23CC4CC(CC(C4)C2)C3)cn1. The van der Waals surface area contributed by atoms with Crippen molar-refractivity contribution in [3.05, 3.63) is 18.0 Å². The number of amides is 1. The number of rotatable bonds is 2. The summed E-state index contributed by atoms with van der Waals surface area (Å²) in [6, 6.07) is 0.247. The summed E-state index contributed by atoms with van der Waals surface area (Å²) in [7, 11) is 1.98. The molecule has 0 aromatic carbocycles. The van der Waals surface area contributed by atoms with E-state index in [2.05, 4.69) is 16.2 Å². The lowest BCUT2D eigenvalue weighted by Gasteiger charge is -2.57. The summed E-state index contributed by atoms with van der Waals surface area (Å²) in [5.74, 6) is 3.00. The highest BCUT2D eigenvalue weighted by atomic mass is 16.2. The Bertz CT molecular complexity index is 629. The monoisotopic (exact) mass is 341 g/mol. The summed E-state index contributed by atoms with van der Waals surface area (Å²) in [4.78, 5) is 16.2. The molecule has 5 aliphatic rings. The van der Waals surface area contributed by atoms with Crippen molar-refractivity contribution in [3.8, 4) is 0 Å². The topological polar surface area (TPSA) is 38.1 Å². The molecule has 4 nitrogen and oxygen atoms in total. The van der Waals surface area contributed by atoms with Gasteiger partial charge in [-0.3, -0.25) is 9.48 Å². The van der Waals surface area contributed by atoms with Crippen molar-refractivity contribution in [2.45, 2.75) is 70.3 Å².